The van der Waals surface area contributed by atoms with Gasteiger partial charge in [-0.1, -0.05) is 55.1 Å². The minimum absolute atomic E-state index is 0.121. The van der Waals surface area contributed by atoms with Gasteiger partial charge >= 0.3 is 18.0 Å². The summed E-state index contributed by atoms with van der Waals surface area (Å²) in [5.41, 5.74) is 1.38. The predicted octanol–water partition coefficient (Wildman–Crippen LogP) is 4.14. The summed E-state index contributed by atoms with van der Waals surface area (Å²) in [6.45, 7) is 8.21. The Balaban J connectivity index is 1.40. The third-order valence-corrected chi connectivity index (χ3v) is 5.66. The number of alkyl carbamates (subject to hydrolysis) is 1. The zero-order chi connectivity index (χ0) is 31.1. The molecule has 0 aromatic heterocycles. The van der Waals surface area contributed by atoms with E-state index in [1.54, 1.807) is 55.5 Å². The third kappa shape index (κ3) is 15.1. The van der Waals surface area contributed by atoms with Gasteiger partial charge in [-0.15, -0.1) is 0 Å². The SMILES string of the molecule is C=C(C)C(=O)OCCOCCNC(=O)OCCCOCCCOCCCOC(=O)c1ccccc1C(=O)c1ccccc1. The summed E-state index contributed by atoms with van der Waals surface area (Å²) in [5.74, 6) is -1.24. The molecule has 0 fully saturated rings. The molecule has 0 aliphatic rings. The maximum absolute atomic E-state index is 12.8. The van der Waals surface area contributed by atoms with Crippen molar-refractivity contribution < 1.29 is 47.6 Å². The molecule has 0 radical (unpaired) electrons. The molecule has 11 nitrogen and oxygen atoms in total. The minimum Gasteiger partial charge on any atom is -0.462 e. The monoisotopic (exact) mass is 599 g/mol. The van der Waals surface area contributed by atoms with Crippen LogP contribution in [0.15, 0.2) is 66.7 Å². The number of ether oxygens (including phenoxy) is 6. The van der Waals surface area contributed by atoms with Gasteiger partial charge in [0.15, 0.2) is 5.78 Å². The summed E-state index contributed by atoms with van der Waals surface area (Å²) < 4.78 is 31.6. The van der Waals surface area contributed by atoms with Crippen LogP contribution >= 0.6 is 0 Å². The molecule has 0 unspecified atom stereocenters. The van der Waals surface area contributed by atoms with E-state index in [4.69, 9.17) is 28.4 Å². The quantitative estimate of drug-likeness (QED) is 0.0692. The van der Waals surface area contributed by atoms with Crippen LogP contribution in [0.4, 0.5) is 4.79 Å². The van der Waals surface area contributed by atoms with Crippen LogP contribution in [0.5, 0.6) is 0 Å². The van der Waals surface area contributed by atoms with Crippen molar-refractivity contribution in [1.29, 1.82) is 0 Å². The van der Waals surface area contributed by atoms with Crippen LogP contribution in [-0.2, 0) is 33.2 Å². The van der Waals surface area contributed by atoms with Crippen molar-refractivity contribution in [2.45, 2.75) is 26.2 Å². The zero-order valence-corrected chi connectivity index (χ0v) is 24.7. The van der Waals surface area contributed by atoms with Gasteiger partial charge in [-0.2, -0.15) is 0 Å². The van der Waals surface area contributed by atoms with Crippen molar-refractivity contribution in [2.75, 3.05) is 66.0 Å². The van der Waals surface area contributed by atoms with E-state index in [1.807, 2.05) is 6.07 Å². The lowest BCUT2D eigenvalue weighted by molar-refractivity contribution is -0.140. The van der Waals surface area contributed by atoms with Crippen molar-refractivity contribution in [1.82, 2.24) is 5.32 Å². The number of carbonyl (C=O) groups excluding carboxylic acids is 4. The van der Waals surface area contributed by atoms with E-state index < -0.39 is 18.0 Å². The van der Waals surface area contributed by atoms with E-state index in [9.17, 15) is 19.2 Å². The highest BCUT2D eigenvalue weighted by Gasteiger charge is 2.18. The molecule has 0 aliphatic heterocycles. The molecule has 1 amide bonds. The maximum atomic E-state index is 12.8. The van der Waals surface area contributed by atoms with Gasteiger partial charge in [0, 0.05) is 62.5 Å². The van der Waals surface area contributed by atoms with Gasteiger partial charge in [0.05, 0.1) is 32.0 Å². The second-order valence-corrected chi connectivity index (χ2v) is 9.25. The molecule has 0 saturated carbocycles. The summed E-state index contributed by atoms with van der Waals surface area (Å²) in [6, 6.07) is 15.4. The molecule has 0 heterocycles. The Kier molecular flexibility index (Phi) is 17.7. The number of esters is 2. The summed E-state index contributed by atoms with van der Waals surface area (Å²) in [5, 5.41) is 2.56. The van der Waals surface area contributed by atoms with Gasteiger partial charge in [-0.25, -0.2) is 14.4 Å². The summed E-state index contributed by atoms with van der Waals surface area (Å²) >= 11 is 0. The summed E-state index contributed by atoms with van der Waals surface area (Å²) in [6.07, 6.45) is 1.24. The predicted molar refractivity (Wildman–Crippen MR) is 158 cm³/mol. The summed E-state index contributed by atoms with van der Waals surface area (Å²) in [4.78, 5) is 48.2. The second-order valence-electron chi connectivity index (χ2n) is 9.25. The minimum atomic E-state index is -0.542. The van der Waals surface area contributed by atoms with Gasteiger partial charge in [-0.3, -0.25) is 4.79 Å². The Bertz CT molecular complexity index is 1150. The van der Waals surface area contributed by atoms with Crippen LogP contribution in [0.2, 0.25) is 0 Å². The Hall–Kier alpha value is -4.06. The lowest BCUT2D eigenvalue weighted by atomic mass is 9.98. The maximum Gasteiger partial charge on any atom is 0.407 e. The highest BCUT2D eigenvalue weighted by atomic mass is 16.6. The first kappa shape index (κ1) is 35.1. The van der Waals surface area contributed by atoms with Crippen LogP contribution in [0.1, 0.15) is 52.5 Å². The van der Waals surface area contributed by atoms with Crippen molar-refractivity contribution in [2.24, 2.45) is 0 Å². The van der Waals surface area contributed by atoms with Crippen LogP contribution in [0, 0.1) is 0 Å². The van der Waals surface area contributed by atoms with Crippen LogP contribution in [-0.4, -0.2) is 89.8 Å². The number of rotatable bonds is 22. The van der Waals surface area contributed by atoms with Gasteiger partial charge in [0.2, 0.25) is 0 Å². The number of hydrogen-bond donors (Lipinski definition) is 1. The van der Waals surface area contributed by atoms with Crippen LogP contribution in [0.3, 0.4) is 0 Å². The highest BCUT2D eigenvalue weighted by Crippen LogP contribution is 2.16. The number of hydrogen-bond acceptors (Lipinski definition) is 10. The van der Waals surface area contributed by atoms with Gasteiger partial charge in [0.25, 0.3) is 0 Å². The fraction of sp³-hybridized carbons (Fsp3) is 0.438. The molecule has 2 aromatic carbocycles. The van der Waals surface area contributed by atoms with E-state index >= 15 is 0 Å². The fourth-order valence-electron chi connectivity index (χ4n) is 3.50. The van der Waals surface area contributed by atoms with Crippen molar-refractivity contribution in [3.8, 4) is 0 Å². The molecule has 0 spiro atoms. The molecule has 43 heavy (non-hydrogen) atoms. The molecular weight excluding hydrogens is 558 g/mol. The molecule has 2 aromatic rings. The Labute approximate surface area is 252 Å². The lowest BCUT2D eigenvalue weighted by Crippen LogP contribution is -2.28. The van der Waals surface area contributed by atoms with Gasteiger partial charge < -0.3 is 33.7 Å². The van der Waals surface area contributed by atoms with Crippen molar-refractivity contribution in [3.05, 3.63) is 83.4 Å². The third-order valence-electron chi connectivity index (χ3n) is 5.66. The number of amides is 1. The van der Waals surface area contributed by atoms with E-state index in [-0.39, 0.29) is 50.9 Å². The van der Waals surface area contributed by atoms with E-state index in [2.05, 4.69) is 11.9 Å². The smallest absolute Gasteiger partial charge is 0.407 e. The first-order chi connectivity index (χ1) is 20.9. The molecular formula is C32H41NO10. The zero-order valence-electron chi connectivity index (χ0n) is 24.7. The standard InChI is InChI=1S/C32H41NO10/c1-25(2)30(35)42-24-23-40-22-15-33-32(37)43-21-10-19-39-17-8-16-38-18-9-20-41-31(36)28-14-7-6-13-27(28)29(34)26-11-4-3-5-12-26/h3-7,11-14H,1,8-10,15-24H2,2H3,(H,33,37). The van der Waals surface area contributed by atoms with Crippen molar-refractivity contribution >= 4 is 23.8 Å². The highest BCUT2D eigenvalue weighted by molar-refractivity contribution is 6.14. The fourth-order valence-corrected chi connectivity index (χ4v) is 3.50. The van der Waals surface area contributed by atoms with Crippen LogP contribution < -0.4 is 5.32 Å². The largest absolute Gasteiger partial charge is 0.462 e. The van der Waals surface area contributed by atoms with Gasteiger partial charge in [0.1, 0.15) is 6.61 Å². The Morgan fingerprint density at radius 1 is 0.628 bits per heavy atom. The molecule has 0 bridgehead atoms. The number of nitrogens with one attached hydrogen (secondary N) is 1. The van der Waals surface area contributed by atoms with E-state index in [0.717, 1.165) is 0 Å². The molecule has 0 saturated heterocycles. The van der Waals surface area contributed by atoms with Crippen molar-refractivity contribution in [3.63, 3.8) is 0 Å². The lowest BCUT2D eigenvalue weighted by Gasteiger charge is -2.10. The Morgan fingerprint density at radius 3 is 1.84 bits per heavy atom. The summed E-state index contributed by atoms with van der Waals surface area (Å²) in [7, 11) is 0. The first-order valence-corrected chi connectivity index (χ1v) is 14.2. The molecule has 0 aliphatic carbocycles. The van der Waals surface area contributed by atoms with E-state index in [1.165, 1.54) is 0 Å². The Morgan fingerprint density at radius 2 is 1.19 bits per heavy atom. The molecule has 1 N–H and O–H groups in total. The molecule has 2 rings (SSSR count). The average Bonchev–Trinajstić information content (AvgIpc) is 3.02. The normalized spacial score (nSPS) is 10.5. The second kappa shape index (κ2) is 21.6. The van der Waals surface area contributed by atoms with E-state index in [0.29, 0.717) is 62.4 Å². The average molecular weight is 600 g/mol. The number of carbonyl (C=O) groups is 4. The van der Waals surface area contributed by atoms with Crippen LogP contribution in [0.25, 0.3) is 0 Å². The number of ketones is 1. The first-order valence-electron chi connectivity index (χ1n) is 14.2. The topological polar surface area (TPSA) is 136 Å². The molecule has 11 heteroatoms. The molecule has 234 valence electrons. The number of benzene rings is 2. The van der Waals surface area contributed by atoms with Gasteiger partial charge in [-0.05, 0) is 19.4 Å². The molecule has 0 atom stereocenters.